The van der Waals surface area contributed by atoms with E-state index >= 15 is 0 Å². The minimum absolute atomic E-state index is 0.242. The number of ether oxygens (including phenoxy) is 1. The Labute approximate surface area is 109 Å². The van der Waals surface area contributed by atoms with Crippen molar-refractivity contribution in [1.29, 1.82) is 0 Å². The molecular formula is C13H24N4O. The lowest BCUT2D eigenvalue weighted by molar-refractivity contribution is 0.118. The van der Waals surface area contributed by atoms with Crippen molar-refractivity contribution in [2.75, 3.05) is 24.3 Å². The molecule has 1 fully saturated rings. The van der Waals surface area contributed by atoms with E-state index in [-0.39, 0.29) is 6.10 Å². The second-order valence-corrected chi connectivity index (χ2v) is 5.44. The quantitative estimate of drug-likeness (QED) is 0.890. The number of hydrogen-bond donors (Lipinski definition) is 1. The predicted octanol–water partition coefficient (Wildman–Crippen LogP) is 1.74. The number of nitrogens with two attached hydrogens (primary N) is 1. The van der Waals surface area contributed by atoms with Gasteiger partial charge in [0.15, 0.2) is 5.82 Å². The minimum atomic E-state index is 0.242. The summed E-state index contributed by atoms with van der Waals surface area (Å²) in [5, 5.41) is 4.54. The highest BCUT2D eigenvalue weighted by atomic mass is 16.5. The van der Waals surface area contributed by atoms with Gasteiger partial charge in [-0.3, -0.25) is 4.68 Å². The molecule has 1 aliphatic heterocycles. The minimum Gasteiger partial charge on any atom is -0.394 e. The molecule has 0 aromatic carbocycles. The van der Waals surface area contributed by atoms with Gasteiger partial charge in [-0.15, -0.1) is 0 Å². The zero-order valence-electron chi connectivity index (χ0n) is 12.0. The molecule has 0 saturated carbocycles. The van der Waals surface area contributed by atoms with Crippen molar-refractivity contribution in [1.82, 2.24) is 9.78 Å². The Morgan fingerprint density at radius 3 is 2.61 bits per heavy atom. The van der Waals surface area contributed by atoms with Crippen molar-refractivity contribution in [3.63, 3.8) is 0 Å². The Kier molecular flexibility index (Phi) is 3.52. The summed E-state index contributed by atoms with van der Waals surface area (Å²) < 4.78 is 7.51. The topological polar surface area (TPSA) is 56.3 Å². The summed E-state index contributed by atoms with van der Waals surface area (Å²) in [4.78, 5) is 2.21. The fourth-order valence-electron chi connectivity index (χ4n) is 2.78. The number of anilines is 2. The first-order valence-electron chi connectivity index (χ1n) is 6.60. The van der Waals surface area contributed by atoms with E-state index in [1.807, 2.05) is 11.7 Å². The summed E-state index contributed by atoms with van der Waals surface area (Å²) >= 11 is 0. The van der Waals surface area contributed by atoms with Gasteiger partial charge in [-0.05, 0) is 19.3 Å². The van der Waals surface area contributed by atoms with E-state index < -0.39 is 0 Å². The maximum atomic E-state index is 6.25. The number of rotatable bonds is 3. The fraction of sp³-hybridized carbons (Fsp3) is 0.769. The third-order valence-electron chi connectivity index (χ3n) is 3.80. The van der Waals surface area contributed by atoms with E-state index in [0.29, 0.717) is 12.0 Å². The molecule has 2 rings (SSSR count). The zero-order chi connectivity index (χ0) is 13.4. The van der Waals surface area contributed by atoms with Gasteiger partial charge in [0.25, 0.3) is 0 Å². The SMILES string of the molecule is CC(C)c1nn(C)c(N(C)C2CCOC2C)c1N. The van der Waals surface area contributed by atoms with Gasteiger partial charge in [-0.1, -0.05) is 13.8 Å². The van der Waals surface area contributed by atoms with Gasteiger partial charge in [0, 0.05) is 20.7 Å². The monoisotopic (exact) mass is 252 g/mol. The Bertz CT molecular complexity index is 427. The number of aromatic nitrogens is 2. The van der Waals surface area contributed by atoms with Crippen LogP contribution in [0.25, 0.3) is 0 Å². The van der Waals surface area contributed by atoms with E-state index in [9.17, 15) is 0 Å². The summed E-state index contributed by atoms with van der Waals surface area (Å²) in [6.45, 7) is 7.17. The average Bonchev–Trinajstić information content (AvgIpc) is 2.82. The van der Waals surface area contributed by atoms with Gasteiger partial charge in [0.2, 0.25) is 0 Å². The Hall–Kier alpha value is -1.23. The predicted molar refractivity (Wildman–Crippen MR) is 73.9 cm³/mol. The molecule has 2 atom stereocenters. The molecule has 0 aliphatic carbocycles. The van der Waals surface area contributed by atoms with Crippen molar-refractivity contribution in [2.45, 2.75) is 45.3 Å². The third kappa shape index (κ3) is 2.07. The lowest BCUT2D eigenvalue weighted by Crippen LogP contribution is -2.38. The van der Waals surface area contributed by atoms with E-state index in [1.165, 1.54) is 0 Å². The fourth-order valence-corrected chi connectivity index (χ4v) is 2.78. The number of nitrogen functional groups attached to an aromatic ring is 1. The van der Waals surface area contributed by atoms with E-state index in [2.05, 4.69) is 37.8 Å². The molecule has 18 heavy (non-hydrogen) atoms. The third-order valence-corrected chi connectivity index (χ3v) is 3.80. The molecule has 5 nitrogen and oxygen atoms in total. The van der Waals surface area contributed by atoms with Crippen LogP contribution in [0.3, 0.4) is 0 Å². The van der Waals surface area contributed by atoms with Crippen molar-refractivity contribution in [3.05, 3.63) is 5.69 Å². The van der Waals surface area contributed by atoms with Crippen LogP contribution in [0.2, 0.25) is 0 Å². The highest BCUT2D eigenvalue weighted by molar-refractivity contribution is 5.67. The normalized spacial score (nSPS) is 23.9. The molecule has 0 radical (unpaired) electrons. The van der Waals surface area contributed by atoms with Crippen molar-refractivity contribution >= 4 is 11.5 Å². The van der Waals surface area contributed by atoms with Gasteiger partial charge >= 0.3 is 0 Å². The maximum Gasteiger partial charge on any atom is 0.150 e. The van der Waals surface area contributed by atoms with Crippen LogP contribution in [0, 0.1) is 0 Å². The number of likely N-dealkylation sites (N-methyl/N-ethyl adjacent to an activating group) is 1. The van der Waals surface area contributed by atoms with Crippen LogP contribution in [0.5, 0.6) is 0 Å². The van der Waals surface area contributed by atoms with Crippen LogP contribution in [-0.2, 0) is 11.8 Å². The summed E-state index contributed by atoms with van der Waals surface area (Å²) in [6, 6.07) is 0.378. The van der Waals surface area contributed by atoms with Crippen LogP contribution >= 0.6 is 0 Å². The molecular weight excluding hydrogens is 228 g/mol. The maximum absolute atomic E-state index is 6.25. The average molecular weight is 252 g/mol. The summed E-state index contributed by atoms with van der Waals surface area (Å²) in [7, 11) is 4.03. The van der Waals surface area contributed by atoms with Crippen LogP contribution < -0.4 is 10.6 Å². The Morgan fingerprint density at radius 2 is 2.17 bits per heavy atom. The standard InChI is InChI=1S/C13H24N4O/c1-8(2)12-11(14)13(17(5)15-12)16(4)10-6-7-18-9(10)3/h8-10H,6-7,14H2,1-5H3. The van der Waals surface area contributed by atoms with Gasteiger partial charge in [0.05, 0.1) is 23.5 Å². The Morgan fingerprint density at radius 1 is 1.50 bits per heavy atom. The first-order valence-corrected chi connectivity index (χ1v) is 6.60. The molecule has 0 spiro atoms. The summed E-state index contributed by atoms with van der Waals surface area (Å²) in [5.74, 6) is 1.34. The smallest absolute Gasteiger partial charge is 0.150 e. The zero-order valence-corrected chi connectivity index (χ0v) is 12.0. The first kappa shape index (κ1) is 13.2. The summed E-state index contributed by atoms with van der Waals surface area (Å²) in [5.41, 5.74) is 8.03. The molecule has 2 unspecified atom stereocenters. The van der Waals surface area contributed by atoms with Crippen LogP contribution in [0.4, 0.5) is 11.5 Å². The van der Waals surface area contributed by atoms with Gasteiger partial charge in [-0.2, -0.15) is 5.10 Å². The largest absolute Gasteiger partial charge is 0.394 e. The van der Waals surface area contributed by atoms with E-state index in [0.717, 1.165) is 30.2 Å². The summed E-state index contributed by atoms with van der Waals surface area (Å²) in [6.07, 6.45) is 1.28. The molecule has 5 heteroatoms. The number of aryl methyl sites for hydroxylation is 1. The van der Waals surface area contributed by atoms with Gasteiger partial charge in [-0.25, -0.2) is 0 Å². The van der Waals surface area contributed by atoms with Gasteiger partial charge in [0.1, 0.15) is 0 Å². The van der Waals surface area contributed by atoms with E-state index in [1.54, 1.807) is 0 Å². The van der Waals surface area contributed by atoms with Crippen LogP contribution in [0.15, 0.2) is 0 Å². The van der Waals surface area contributed by atoms with Gasteiger partial charge < -0.3 is 15.4 Å². The molecule has 1 aromatic rings. The van der Waals surface area contributed by atoms with Crippen molar-refractivity contribution in [2.24, 2.45) is 7.05 Å². The molecule has 1 aliphatic rings. The highest BCUT2D eigenvalue weighted by Crippen LogP contribution is 2.33. The first-order chi connectivity index (χ1) is 8.43. The lowest BCUT2D eigenvalue weighted by atomic mass is 10.1. The molecule has 0 bridgehead atoms. The second-order valence-electron chi connectivity index (χ2n) is 5.44. The molecule has 0 amide bonds. The van der Waals surface area contributed by atoms with Crippen LogP contribution in [0.1, 0.15) is 38.8 Å². The molecule has 1 saturated heterocycles. The molecule has 1 aromatic heterocycles. The second kappa shape index (κ2) is 4.80. The van der Waals surface area contributed by atoms with Crippen LogP contribution in [-0.4, -0.2) is 35.6 Å². The Balaban J connectivity index is 2.32. The van der Waals surface area contributed by atoms with E-state index in [4.69, 9.17) is 10.5 Å². The molecule has 2 N–H and O–H groups in total. The van der Waals surface area contributed by atoms with Crippen molar-refractivity contribution in [3.8, 4) is 0 Å². The number of hydrogen-bond acceptors (Lipinski definition) is 4. The highest BCUT2D eigenvalue weighted by Gasteiger charge is 2.31. The molecule has 2 heterocycles. The lowest BCUT2D eigenvalue weighted by Gasteiger charge is -2.28. The molecule has 102 valence electrons. The number of nitrogens with zero attached hydrogens (tertiary/aromatic N) is 3. The van der Waals surface area contributed by atoms with Crippen molar-refractivity contribution < 1.29 is 4.74 Å².